The molecule has 18 heavy (non-hydrogen) atoms. The third-order valence-electron chi connectivity index (χ3n) is 2.94. The van der Waals surface area contributed by atoms with Gasteiger partial charge in [-0.3, -0.25) is 9.79 Å². The van der Waals surface area contributed by atoms with Gasteiger partial charge in [-0.1, -0.05) is 11.8 Å². The lowest BCUT2D eigenvalue weighted by Crippen LogP contribution is -2.55. The fraction of sp³-hybridized carbons (Fsp3) is 0.818. The van der Waals surface area contributed by atoms with Crippen molar-refractivity contribution < 1.29 is 18.7 Å². The largest absolute Gasteiger partial charge is 0.463 e. The van der Waals surface area contributed by atoms with Gasteiger partial charge in [-0.25, -0.2) is 4.39 Å². The number of aliphatic imine (C=N–C) groups is 1. The minimum Gasteiger partial charge on any atom is -0.463 e. The number of ether oxygens (including phenoxy) is 2. The number of fused-ring (bicyclic) bond motifs is 1. The van der Waals surface area contributed by atoms with Gasteiger partial charge in [-0.05, 0) is 12.8 Å². The lowest BCUT2D eigenvalue weighted by atomic mass is 9.93. The molecule has 2 atom stereocenters. The molecule has 7 heteroatoms. The third kappa shape index (κ3) is 2.95. The molecule has 0 aromatic rings. The summed E-state index contributed by atoms with van der Waals surface area (Å²) < 4.78 is 22.9. The predicted octanol–water partition coefficient (Wildman–Crippen LogP) is 1.09. The molecule has 2 aliphatic heterocycles. The van der Waals surface area contributed by atoms with Gasteiger partial charge in [0.15, 0.2) is 5.17 Å². The van der Waals surface area contributed by atoms with E-state index in [2.05, 4.69) is 10.3 Å². The minimum atomic E-state index is -0.478. The van der Waals surface area contributed by atoms with Crippen LogP contribution in [0.5, 0.6) is 0 Å². The smallest absolute Gasteiger partial charge is 0.302 e. The minimum absolute atomic E-state index is 0.121. The van der Waals surface area contributed by atoms with Crippen LogP contribution in [-0.4, -0.2) is 48.5 Å². The van der Waals surface area contributed by atoms with Crippen molar-refractivity contribution in [2.75, 3.05) is 26.4 Å². The van der Waals surface area contributed by atoms with E-state index in [1.54, 1.807) is 0 Å². The Bertz CT molecular complexity index is 353. The molecule has 5 nitrogen and oxygen atoms in total. The van der Waals surface area contributed by atoms with E-state index in [0.29, 0.717) is 11.8 Å². The zero-order chi connectivity index (χ0) is 13.0. The van der Waals surface area contributed by atoms with Crippen molar-refractivity contribution in [3.8, 4) is 0 Å². The van der Waals surface area contributed by atoms with Gasteiger partial charge in [0.05, 0.1) is 6.54 Å². The molecule has 2 aliphatic rings. The molecule has 0 bridgehead atoms. The highest BCUT2D eigenvalue weighted by Crippen LogP contribution is 2.39. The molecule has 0 aliphatic carbocycles. The SMILES string of the molecule is CC(=O)OCC12CCCOC1SC(=NCCF)N2. The number of thioether (sulfide) groups is 1. The van der Waals surface area contributed by atoms with E-state index in [9.17, 15) is 9.18 Å². The first-order chi connectivity index (χ1) is 8.66. The van der Waals surface area contributed by atoms with Crippen LogP contribution < -0.4 is 5.32 Å². The van der Waals surface area contributed by atoms with Crippen molar-refractivity contribution in [1.29, 1.82) is 0 Å². The molecular formula is C11H17FN2O3S. The van der Waals surface area contributed by atoms with Gasteiger partial charge in [0.1, 0.15) is 24.3 Å². The summed E-state index contributed by atoms with van der Waals surface area (Å²) in [4.78, 5) is 15.1. The summed E-state index contributed by atoms with van der Waals surface area (Å²) in [7, 11) is 0. The quantitative estimate of drug-likeness (QED) is 0.779. The second-order valence-corrected chi connectivity index (χ2v) is 5.41. The Kier molecular flexibility index (Phi) is 4.45. The molecule has 0 aromatic heterocycles. The Hall–Kier alpha value is -0.820. The number of hydrogen-bond donors (Lipinski definition) is 1. The standard InChI is InChI=1S/C11H17FN2O3S/c1-8(15)17-7-11-3-2-6-16-9(11)18-10(14-11)13-5-4-12/h9H,2-7H2,1H3,(H,13,14). The topological polar surface area (TPSA) is 59.9 Å². The van der Waals surface area contributed by atoms with Gasteiger partial charge in [0, 0.05) is 13.5 Å². The summed E-state index contributed by atoms with van der Waals surface area (Å²) >= 11 is 1.44. The first kappa shape index (κ1) is 13.6. The van der Waals surface area contributed by atoms with Gasteiger partial charge < -0.3 is 14.8 Å². The molecule has 2 saturated heterocycles. The van der Waals surface area contributed by atoms with Crippen molar-refractivity contribution in [1.82, 2.24) is 5.32 Å². The molecule has 0 amide bonds. The predicted molar refractivity (Wildman–Crippen MR) is 67.3 cm³/mol. The number of halogens is 1. The summed E-state index contributed by atoms with van der Waals surface area (Å²) in [6.07, 6.45) is 1.76. The van der Waals surface area contributed by atoms with Gasteiger partial charge in [0.25, 0.3) is 0 Å². The lowest BCUT2D eigenvalue weighted by Gasteiger charge is -2.37. The fourth-order valence-corrected chi connectivity index (χ4v) is 3.36. The number of nitrogens with one attached hydrogen (secondary N) is 1. The number of carbonyl (C=O) groups is 1. The average Bonchev–Trinajstić information content (AvgIpc) is 2.72. The fourth-order valence-electron chi connectivity index (χ4n) is 2.09. The van der Waals surface area contributed by atoms with Crippen LogP contribution in [0.1, 0.15) is 19.8 Å². The molecule has 2 heterocycles. The first-order valence-electron chi connectivity index (χ1n) is 5.96. The Morgan fingerprint density at radius 3 is 3.33 bits per heavy atom. The van der Waals surface area contributed by atoms with Crippen LogP contribution in [0.2, 0.25) is 0 Å². The molecule has 102 valence electrons. The molecule has 0 spiro atoms. The van der Waals surface area contributed by atoms with E-state index in [4.69, 9.17) is 9.47 Å². The zero-order valence-corrected chi connectivity index (χ0v) is 11.1. The number of nitrogens with zero attached hydrogens (tertiary/aromatic N) is 1. The average molecular weight is 276 g/mol. The Labute approximate surface area is 109 Å². The zero-order valence-electron chi connectivity index (χ0n) is 10.3. The van der Waals surface area contributed by atoms with Crippen LogP contribution in [0.3, 0.4) is 0 Å². The highest BCUT2D eigenvalue weighted by Gasteiger charge is 2.49. The Balaban J connectivity index is 2.06. The van der Waals surface area contributed by atoms with Crippen LogP contribution in [-0.2, 0) is 14.3 Å². The molecule has 0 radical (unpaired) electrons. The number of amidine groups is 1. The number of carbonyl (C=O) groups excluding carboxylic acids is 1. The van der Waals surface area contributed by atoms with Crippen molar-refractivity contribution in [2.24, 2.45) is 4.99 Å². The third-order valence-corrected chi connectivity index (χ3v) is 4.19. The molecule has 2 fully saturated rings. The lowest BCUT2D eigenvalue weighted by molar-refractivity contribution is -0.145. The number of esters is 1. The van der Waals surface area contributed by atoms with E-state index in [-0.39, 0.29) is 24.6 Å². The van der Waals surface area contributed by atoms with Crippen LogP contribution in [0.25, 0.3) is 0 Å². The van der Waals surface area contributed by atoms with Crippen molar-refractivity contribution in [3.63, 3.8) is 0 Å². The van der Waals surface area contributed by atoms with Gasteiger partial charge in [0.2, 0.25) is 0 Å². The van der Waals surface area contributed by atoms with E-state index in [1.807, 2.05) is 0 Å². The Morgan fingerprint density at radius 1 is 1.78 bits per heavy atom. The van der Waals surface area contributed by atoms with Gasteiger partial charge in [-0.15, -0.1) is 0 Å². The van der Waals surface area contributed by atoms with Crippen LogP contribution in [0.4, 0.5) is 4.39 Å². The van der Waals surface area contributed by atoms with E-state index in [1.165, 1.54) is 18.7 Å². The number of rotatable bonds is 4. The summed E-state index contributed by atoms with van der Waals surface area (Å²) in [6, 6.07) is 0. The van der Waals surface area contributed by atoms with E-state index < -0.39 is 12.2 Å². The van der Waals surface area contributed by atoms with Crippen molar-refractivity contribution in [2.45, 2.75) is 30.7 Å². The normalized spacial score (nSPS) is 33.0. The number of alkyl halides is 1. The highest BCUT2D eigenvalue weighted by atomic mass is 32.2. The summed E-state index contributed by atoms with van der Waals surface area (Å²) in [5, 5.41) is 3.91. The van der Waals surface area contributed by atoms with Gasteiger partial charge in [-0.2, -0.15) is 0 Å². The monoisotopic (exact) mass is 276 g/mol. The molecule has 1 N–H and O–H groups in total. The molecule has 0 aromatic carbocycles. The van der Waals surface area contributed by atoms with Crippen LogP contribution >= 0.6 is 11.8 Å². The summed E-state index contributed by atoms with van der Waals surface area (Å²) in [6.45, 7) is 2.00. The summed E-state index contributed by atoms with van der Waals surface area (Å²) in [5.41, 5.74) is -0.534. The maximum atomic E-state index is 12.1. The van der Waals surface area contributed by atoms with Crippen molar-refractivity contribution in [3.05, 3.63) is 0 Å². The number of hydrogen-bond acceptors (Lipinski definition) is 5. The second-order valence-electron chi connectivity index (χ2n) is 4.36. The van der Waals surface area contributed by atoms with Crippen molar-refractivity contribution >= 4 is 22.9 Å². The van der Waals surface area contributed by atoms with Crippen LogP contribution in [0.15, 0.2) is 4.99 Å². The molecule has 0 saturated carbocycles. The maximum absolute atomic E-state index is 12.1. The second kappa shape index (κ2) is 5.88. The van der Waals surface area contributed by atoms with E-state index in [0.717, 1.165) is 12.8 Å². The van der Waals surface area contributed by atoms with Gasteiger partial charge >= 0.3 is 5.97 Å². The highest BCUT2D eigenvalue weighted by molar-refractivity contribution is 8.14. The molecular weight excluding hydrogens is 259 g/mol. The van der Waals surface area contributed by atoms with E-state index >= 15 is 0 Å². The first-order valence-corrected chi connectivity index (χ1v) is 6.84. The maximum Gasteiger partial charge on any atom is 0.302 e. The summed E-state index contributed by atoms with van der Waals surface area (Å²) in [5.74, 6) is -0.311. The molecule has 2 unspecified atom stereocenters. The van der Waals surface area contributed by atoms with Crippen LogP contribution in [0, 0.1) is 0 Å². The molecule has 2 rings (SSSR count). The Morgan fingerprint density at radius 2 is 2.61 bits per heavy atom.